The van der Waals surface area contributed by atoms with Crippen molar-refractivity contribution < 1.29 is 32.2 Å². The van der Waals surface area contributed by atoms with Crippen LogP contribution in [0.5, 0.6) is 5.75 Å². The van der Waals surface area contributed by atoms with Crippen LogP contribution in [0.15, 0.2) is 36.4 Å². The first-order chi connectivity index (χ1) is 13.0. The maximum atomic E-state index is 12.5. The van der Waals surface area contributed by atoms with Crippen LogP contribution in [0.3, 0.4) is 0 Å². The molecule has 0 aromatic heterocycles. The van der Waals surface area contributed by atoms with E-state index in [1.54, 1.807) is 36.4 Å². The van der Waals surface area contributed by atoms with Crippen molar-refractivity contribution in [2.45, 2.75) is 33.4 Å². The third-order valence-electron chi connectivity index (χ3n) is 4.37. The largest absolute Gasteiger partial charge is 0.481 e. The predicted octanol–water partition coefficient (Wildman–Crippen LogP) is 4.70. The molecule has 0 aliphatic rings. The van der Waals surface area contributed by atoms with Gasteiger partial charge in [0.2, 0.25) is 5.91 Å². The molecule has 8 heteroatoms. The SMILES string of the molecule is CCC(C)(C)C(=O)Nc1ccc(OCC(=O)OCC(F)(F)F)c2ccccc12. The molecule has 2 aromatic carbocycles. The quantitative estimate of drug-likeness (QED) is 0.688. The van der Waals surface area contributed by atoms with E-state index in [4.69, 9.17) is 4.74 Å². The zero-order valence-corrected chi connectivity index (χ0v) is 15.9. The Hall–Kier alpha value is -2.77. The number of hydrogen-bond acceptors (Lipinski definition) is 4. The summed E-state index contributed by atoms with van der Waals surface area (Å²) in [5.41, 5.74) is 0.0348. The molecule has 0 unspecified atom stereocenters. The molecule has 0 heterocycles. The molecule has 0 aliphatic carbocycles. The van der Waals surface area contributed by atoms with Crippen molar-refractivity contribution in [3.8, 4) is 5.75 Å². The Kier molecular flexibility index (Phi) is 6.53. The zero-order chi connectivity index (χ0) is 20.9. The number of halogens is 3. The van der Waals surface area contributed by atoms with E-state index in [0.29, 0.717) is 28.6 Å². The molecule has 0 saturated carbocycles. The van der Waals surface area contributed by atoms with Crippen LogP contribution in [-0.4, -0.2) is 31.3 Å². The van der Waals surface area contributed by atoms with E-state index < -0.39 is 30.8 Å². The number of anilines is 1. The summed E-state index contributed by atoms with van der Waals surface area (Å²) in [5, 5.41) is 4.19. The Morgan fingerprint density at radius 2 is 1.68 bits per heavy atom. The van der Waals surface area contributed by atoms with Gasteiger partial charge in [0, 0.05) is 21.9 Å². The summed E-state index contributed by atoms with van der Waals surface area (Å²) in [6.07, 6.45) is -3.92. The van der Waals surface area contributed by atoms with E-state index >= 15 is 0 Å². The van der Waals surface area contributed by atoms with Gasteiger partial charge in [-0.25, -0.2) is 4.79 Å². The first kappa shape index (κ1) is 21.5. The van der Waals surface area contributed by atoms with Crippen LogP contribution in [0.1, 0.15) is 27.2 Å². The maximum absolute atomic E-state index is 12.5. The number of benzene rings is 2. The molecule has 0 fully saturated rings. The lowest BCUT2D eigenvalue weighted by Gasteiger charge is -2.22. The summed E-state index contributed by atoms with van der Waals surface area (Å²) < 4.78 is 45.7. The Labute approximate surface area is 160 Å². The number of fused-ring (bicyclic) bond motifs is 1. The normalized spacial score (nSPS) is 11.9. The topological polar surface area (TPSA) is 64.6 Å². The second-order valence-corrected chi connectivity index (χ2v) is 6.91. The Bertz CT molecular complexity index is 862. The minimum absolute atomic E-state index is 0.135. The number of hydrogen-bond donors (Lipinski definition) is 1. The number of nitrogens with one attached hydrogen (secondary N) is 1. The number of ether oxygens (including phenoxy) is 2. The number of rotatable bonds is 7. The van der Waals surface area contributed by atoms with E-state index in [0.717, 1.165) is 0 Å². The first-order valence-electron chi connectivity index (χ1n) is 8.72. The van der Waals surface area contributed by atoms with Crippen molar-refractivity contribution in [2.24, 2.45) is 5.41 Å². The van der Waals surface area contributed by atoms with Crippen LogP contribution in [0.4, 0.5) is 18.9 Å². The molecule has 1 N–H and O–H groups in total. The molecule has 0 spiro atoms. The highest BCUT2D eigenvalue weighted by Gasteiger charge is 2.29. The summed E-state index contributed by atoms with van der Waals surface area (Å²) in [6.45, 7) is 3.29. The molecule has 1 amide bonds. The van der Waals surface area contributed by atoms with Crippen LogP contribution < -0.4 is 10.1 Å². The molecule has 2 aromatic rings. The molecule has 28 heavy (non-hydrogen) atoms. The summed E-state index contributed by atoms with van der Waals surface area (Å²) in [4.78, 5) is 23.9. The van der Waals surface area contributed by atoms with Gasteiger partial charge in [0.15, 0.2) is 13.2 Å². The van der Waals surface area contributed by atoms with Gasteiger partial charge >= 0.3 is 12.1 Å². The molecular formula is C20H22F3NO4. The average Bonchev–Trinajstić information content (AvgIpc) is 2.65. The van der Waals surface area contributed by atoms with Gasteiger partial charge in [-0.2, -0.15) is 13.2 Å². The second kappa shape index (κ2) is 8.50. The third-order valence-corrected chi connectivity index (χ3v) is 4.37. The molecule has 0 aliphatic heterocycles. The van der Waals surface area contributed by atoms with E-state index in [1.807, 2.05) is 20.8 Å². The van der Waals surface area contributed by atoms with Gasteiger partial charge in [-0.1, -0.05) is 45.0 Å². The molecule has 0 radical (unpaired) electrons. The lowest BCUT2D eigenvalue weighted by molar-refractivity contribution is -0.187. The van der Waals surface area contributed by atoms with Crippen LogP contribution in [0.25, 0.3) is 10.8 Å². The van der Waals surface area contributed by atoms with Gasteiger partial charge in [-0.05, 0) is 18.6 Å². The van der Waals surface area contributed by atoms with Crippen molar-refractivity contribution in [3.05, 3.63) is 36.4 Å². The number of alkyl halides is 3. The van der Waals surface area contributed by atoms with Crippen LogP contribution in [0, 0.1) is 5.41 Å². The summed E-state index contributed by atoms with van der Waals surface area (Å²) >= 11 is 0. The van der Waals surface area contributed by atoms with Crippen molar-refractivity contribution in [2.75, 3.05) is 18.5 Å². The Morgan fingerprint density at radius 3 is 2.29 bits per heavy atom. The molecule has 5 nitrogen and oxygen atoms in total. The van der Waals surface area contributed by atoms with Gasteiger partial charge in [0.25, 0.3) is 0 Å². The minimum atomic E-state index is -4.59. The lowest BCUT2D eigenvalue weighted by atomic mass is 9.89. The minimum Gasteiger partial charge on any atom is -0.481 e. The number of carbonyl (C=O) groups excluding carboxylic acids is 2. The van der Waals surface area contributed by atoms with Crippen molar-refractivity contribution in [1.82, 2.24) is 0 Å². The zero-order valence-electron chi connectivity index (χ0n) is 15.9. The average molecular weight is 397 g/mol. The van der Waals surface area contributed by atoms with E-state index in [1.165, 1.54) is 0 Å². The summed E-state index contributed by atoms with van der Waals surface area (Å²) in [6, 6.07) is 10.2. The van der Waals surface area contributed by atoms with Gasteiger partial charge < -0.3 is 14.8 Å². The maximum Gasteiger partial charge on any atom is 0.422 e. The molecule has 0 saturated heterocycles. The summed E-state index contributed by atoms with van der Waals surface area (Å²) in [7, 11) is 0. The van der Waals surface area contributed by atoms with Crippen molar-refractivity contribution >= 4 is 28.3 Å². The molecule has 0 bridgehead atoms. The number of carbonyl (C=O) groups is 2. The molecule has 152 valence electrons. The second-order valence-electron chi connectivity index (χ2n) is 6.91. The van der Waals surface area contributed by atoms with Crippen LogP contribution in [0.2, 0.25) is 0 Å². The van der Waals surface area contributed by atoms with Crippen molar-refractivity contribution in [1.29, 1.82) is 0 Å². The van der Waals surface area contributed by atoms with Gasteiger partial charge in [0.1, 0.15) is 5.75 Å². The highest BCUT2D eigenvalue weighted by Crippen LogP contribution is 2.33. The van der Waals surface area contributed by atoms with E-state index in [9.17, 15) is 22.8 Å². The molecule has 0 atom stereocenters. The standard InChI is InChI=1S/C20H22F3NO4/c1-4-19(2,3)18(26)24-15-9-10-16(14-8-6-5-7-13(14)15)27-11-17(25)28-12-20(21,22)23/h5-10H,4,11-12H2,1-3H3,(H,24,26). The number of esters is 1. The first-order valence-corrected chi connectivity index (χ1v) is 8.72. The monoisotopic (exact) mass is 397 g/mol. The lowest BCUT2D eigenvalue weighted by Crippen LogP contribution is -2.30. The summed E-state index contributed by atoms with van der Waals surface area (Å²) in [5.74, 6) is -0.958. The van der Waals surface area contributed by atoms with E-state index in [2.05, 4.69) is 10.1 Å². The highest BCUT2D eigenvalue weighted by atomic mass is 19.4. The Morgan fingerprint density at radius 1 is 1.04 bits per heavy atom. The number of amides is 1. The smallest absolute Gasteiger partial charge is 0.422 e. The fourth-order valence-electron chi connectivity index (χ4n) is 2.30. The van der Waals surface area contributed by atoms with Gasteiger partial charge in [-0.15, -0.1) is 0 Å². The van der Waals surface area contributed by atoms with Crippen LogP contribution in [-0.2, 0) is 14.3 Å². The Balaban J connectivity index is 2.17. The fraction of sp³-hybridized carbons (Fsp3) is 0.400. The highest BCUT2D eigenvalue weighted by molar-refractivity contribution is 6.05. The van der Waals surface area contributed by atoms with E-state index in [-0.39, 0.29) is 5.91 Å². The molecular weight excluding hydrogens is 375 g/mol. The third kappa shape index (κ3) is 5.61. The van der Waals surface area contributed by atoms with Crippen LogP contribution >= 0.6 is 0 Å². The predicted molar refractivity (Wildman–Crippen MR) is 99.2 cm³/mol. The fourth-order valence-corrected chi connectivity index (χ4v) is 2.30. The van der Waals surface area contributed by atoms with Gasteiger partial charge in [0.05, 0.1) is 0 Å². The molecule has 2 rings (SSSR count). The van der Waals surface area contributed by atoms with Crippen molar-refractivity contribution in [3.63, 3.8) is 0 Å². The van der Waals surface area contributed by atoms with Gasteiger partial charge in [-0.3, -0.25) is 4.79 Å².